The lowest BCUT2D eigenvalue weighted by Gasteiger charge is -2.19. The number of aliphatic carboxylic acids is 1. The Morgan fingerprint density at radius 2 is 2.08 bits per heavy atom. The lowest BCUT2D eigenvalue weighted by Crippen LogP contribution is -2.26. The van der Waals surface area contributed by atoms with E-state index < -0.39 is 11.9 Å². The molecular formula is C19H16N2O3S. The van der Waals surface area contributed by atoms with Crippen molar-refractivity contribution in [3.05, 3.63) is 48.0 Å². The number of amides is 1. The van der Waals surface area contributed by atoms with Crippen molar-refractivity contribution in [2.24, 2.45) is 5.92 Å². The lowest BCUT2D eigenvalue weighted by atomic mass is 10.1. The fourth-order valence-electron chi connectivity index (χ4n) is 3.13. The molecule has 0 radical (unpaired) electrons. The van der Waals surface area contributed by atoms with E-state index in [0.717, 1.165) is 32.0 Å². The summed E-state index contributed by atoms with van der Waals surface area (Å²) in [6.07, 6.45) is 0.0557. The predicted molar refractivity (Wildman–Crippen MR) is 97.9 cm³/mol. The van der Waals surface area contributed by atoms with Crippen molar-refractivity contribution < 1.29 is 14.7 Å². The highest BCUT2D eigenvalue weighted by molar-refractivity contribution is 7.21. The first-order valence-corrected chi connectivity index (χ1v) is 8.84. The average Bonchev–Trinajstić information content (AvgIpc) is 3.19. The molecule has 1 saturated heterocycles. The summed E-state index contributed by atoms with van der Waals surface area (Å²) in [5, 5.41) is 10.1. The number of carbonyl (C=O) groups is 2. The second-order valence-electron chi connectivity index (χ2n) is 6.23. The maximum absolute atomic E-state index is 12.3. The molecule has 1 amide bonds. The summed E-state index contributed by atoms with van der Waals surface area (Å²) in [7, 11) is 0. The van der Waals surface area contributed by atoms with Gasteiger partial charge in [-0.1, -0.05) is 24.3 Å². The van der Waals surface area contributed by atoms with Gasteiger partial charge in [0.15, 0.2) is 0 Å². The Kier molecular flexibility index (Phi) is 3.77. The first kappa shape index (κ1) is 15.8. The number of nitrogens with zero attached hydrogens (tertiary/aromatic N) is 2. The van der Waals surface area contributed by atoms with Crippen molar-refractivity contribution in [3.8, 4) is 10.6 Å². The highest BCUT2D eigenvalue weighted by atomic mass is 32.1. The average molecular weight is 352 g/mol. The van der Waals surface area contributed by atoms with Crippen molar-refractivity contribution >= 4 is 39.1 Å². The molecule has 0 unspecified atom stereocenters. The number of aromatic nitrogens is 1. The SMILES string of the molecule is Cc1ccc(-c2nc3ccccc3s2)cc1N1C[C@H](C(=O)O)CC1=O. The summed E-state index contributed by atoms with van der Waals surface area (Å²) in [4.78, 5) is 29.7. The molecule has 5 nitrogen and oxygen atoms in total. The standard InChI is InChI=1S/C19H16N2O3S/c1-11-6-7-12(18-20-14-4-2-3-5-16(14)25-18)8-15(11)21-10-13(19(23)24)9-17(21)22/h2-8,13H,9-10H2,1H3,(H,23,24)/t13-/m1/s1. The van der Waals surface area contributed by atoms with Crippen LogP contribution in [0.25, 0.3) is 20.8 Å². The second-order valence-corrected chi connectivity index (χ2v) is 7.26. The number of hydrogen-bond donors (Lipinski definition) is 1. The normalized spacial score (nSPS) is 17.4. The van der Waals surface area contributed by atoms with Crippen molar-refractivity contribution in [2.45, 2.75) is 13.3 Å². The number of aryl methyl sites for hydroxylation is 1. The molecule has 6 heteroatoms. The Hall–Kier alpha value is -2.73. The van der Waals surface area contributed by atoms with Crippen LogP contribution in [0.1, 0.15) is 12.0 Å². The molecule has 25 heavy (non-hydrogen) atoms. The van der Waals surface area contributed by atoms with Crippen LogP contribution in [-0.4, -0.2) is 28.5 Å². The number of thiazole rings is 1. The summed E-state index contributed by atoms with van der Waals surface area (Å²) in [5.74, 6) is -1.70. The molecule has 1 N–H and O–H groups in total. The highest BCUT2D eigenvalue weighted by Crippen LogP contribution is 2.35. The van der Waals surface area contributed by atoms with Crippen LogP contribution in [0.4, 0.5) is 5.69 Å². The second kappa shape index (κ2) is 5.97. The van der Waals surface area contributed by atoms with E-state index in [1.54, 1.807) is 16.2 Å². The van der Waals surface area contributed by atoms with Crippen LogP contribution in [0.3, 0.4) is 0 Å². The minimum Gasteiger partial charge on any atom is -0.481 e. The van der Waals surface area contributed by atoms with E-state index in [4.69, 9.17) is 0 Å². The minimum atomic E-state index is -0.921. The van der Waals surface area contributed by atoms with E-state index in [-0.39, 0.29) is 18.9 Å². The zero-order valence-corrected chi connectivity index (χ0v) is 14.4. The molecule has 0 saturated carbocycles. The van der Waals surface area contributed by atoms with Gasteiger partial charge in [-0.15, -0.1) is 11.3 Å². The molecule has 1 fully saturated rings. The van der Waals surface area contributed by atoms with Gasteiger partial charge < -0.3 is 10.0 Å². The predicted octanol–water partition coefficient (Wildman–Crippen LogP) is 3.71. The summed E-state index contributed by atoms with van der Waals surface area (Å²) in [6.45, 7) is 2.15. The Morgan fingerprint density at radius 1 is 1.28 bits per heavy atom. The molecule has 1 aromatic heterocycles. The number of hydrogen-bond acceptors (Lipinski definition) is 4. The topological polar surface area (TPSA) is 70.5 Å². The fourth-order valence-corrected chi connectivity index (χ4v) is 4.10. The monoisotopic (exact) mass is 352 g/mol. The molecule has 0 bridgehead atoms. The van der Waals surface area contributed by atoms with Gasteiger partial charge in [0.2, 0.25) is 5.91 Å². The Balaban J connectivity index is 1.74. The van der Waals surface area contributed by atoms with Crippen LogP contribution < -0.4 is 4.90 Å². The van der Waals surface area contributed by atoms with E-state index in [1.165, 1.54) is 0 Å². The molecule has 3 aromatic rings. The third-order valence-electron chi connectivity index (χ3n) is 4.52. The molecule has 1 aliphatic rings. The number of carboxylic acids is 1. The Labute approximate surface area is 148 Å². The number of anilines is 1. The van der Waals surface area contributed by atoms with Crippen molar-refractivity contribution in [3.63, 3.8) is 0 Å². The van der Waals surface area contributed by atoms with E-state index in [1.807, 2.05) is 49.4 Å². The molecule has 0 spiro atoms. The van der Waals surface area contributed by atoms with Crippen LogP contribution in [0.15, 0.2) is 42.5 Å². The van der Waals surface area contributed by atoms with Gasteiger partial charge in [-0.2, -0.15) is 0 Å². The molecular weight excluding hydrogens is 336 g/mol. The summed E-state index contributed by atoms with van der Waals surface area (Å²) in [6, 6.07) is 13.8. The van der Waals surface area contributed by atoms with Gasteiger partial charge >= 0.3 is 5.97 Å². The molecule has 2 aromatic carbocycles. The number of fused-ring (bicyclic) bond motifs is 1. The van der Waals surface area contributed by atoms with Crippen molar-refractivity contribution in [1.82, 2.24) is 4.98 Å². The lowest BCUT2D eigenvalue weighted by molar-refractivity contribution is -0.141. The maximum atomic E-state index is 12.3. The van der Waals surface area contributed by atoms with E-state index >= 15 is 0 Å². The zero-order chi connectivity index (χ0) is 17.6. The van der Waals surface area contributed by atoms with Gasteiger partial charge in [0, 0.05) is 24.2 Å². The molecule has 1 aliphatic heterocycles. The number of rotatable bonds is 3. The van der Waals surface area contributed by atoms with Gasteiger partial charge in [-0.05, 0) is 30.7 Å². The maximum Gasteiger partial charge on any atom is 0.308 e. The highest BCUT2D eigenvalue weighted by Gasteiger charge is 2.35. The molecule has 126 valence electrons. The minimum absolute atomic E-state index is 0.0557. The third-order valence-corrected chi connectivity index (χ3v) is 5.60. The van der Waals surface area contributed by atoms with Gasteiger partial charge in [0.1, 0.15) is 5.01 Å². The van der Waals surface area contributed by atoms with Gasteiger partial charge in [-0.25, -0.2) is 4.98 Å². The molecule has 0 aliphatic carbocycles. The van der Waals surface area contributed by atoms with Crippen LogP contribution in [0.5, 0.6) is 0 Å². The zero-order valence-electron chi connectivity index (χ0n) is 13.6. The summed E-state index contributed by atoms with van der Waals surface area (Å²) < 4.78 is 1.11. The summed E-state index contributed by atoms with van der Waals surface area (Å²) >= 11 is 1.61. The van der Waals surface area contributed by atoms with Gasteiger partial charge in [0.05, 0.1) is 16.1 Å². The Bertz CT molecular complexity index is 962. The van der Waals surface area contributed by atoms with Crippen molar-refractivity contribution in [2.75, 3.05) is 11.4 Å². The molecule has 1 atom stereocenters. The Morgan fingerprint density at radius 3 is 2.80 bits per heavy atom. The van der Waals surface area contributed by atoms with E-state index in [9.17, 15) is 14.7 Å². The fraction of sp³-hybridized carbons (Fsp3) is 0.211. The van der Waals surface area contributed by atoms with E-state index in [2.05, 4.69) is 4.98 Å². The number of para-hydroxylation sites is 1. The smallest absolute Gasteiger partial charge is 0.308 e. The molecule has 4 rings (SSSR count). The van der Waals surface area contributed by atoms with Crippen molar-refractivity contribution in [1.29, 1.82) is 0 Å². The van der Waals surface area contributed by atoms with Gasteiger partial charge in [0.25, 0.3) is 0 Å². The number of benzene rings is 2. The van der Waals surface area contributed by atoms with E-state index in [0.29, 0.717) is 0 Å². The number of carboxylic acid groups (broad SMARTS) is 1. The first-order valence-electron chi connectivity index (χ1n) is 8.02. The summed E-state index contributed by atoms with van der Waals surface area (Å²) in [5.41, 5.74) is 3.61. The number of carbonyl (C=O) groups excluding carboxylic acids is 1. The largest absolute Gasteiger partial charge is 0.481 e. The first-order chi connectivity index (χ1) is 12.0. The van der Waals surface area contributed by atoms with Crippen LogP contribution in [-0.2, 0) is 9.59 Å². The quantitative estimate of drug-likeness (QED) is 0.780. The molecule has 2 heterocycles. The van der Waals surface area contributed by atoms with Crippen LogP contribution >= 0.6 is 11.3 Å². The third kappa shape index (κ3) is 2.78. The van der Waals surface area contributed by atoms with Crippen LogP contribution in [0.2, 0.25) is 0 Å². The van der Waals surface area contributed by atoms with Crippen LogP contribution in [0, 0.1) is 12.8 Å². The van der Waals surface area contributed by atoms with Gasteiger partial charge in [-0.3, -0.25) is 9.59 Å².